The molecule has 9 heteroatoms. The lowest BCUT2D eigenvalue weighted by molar-refractivity contribution is -0.120. The van der Waals surface area contributed by atoms with E-state index in [1.54, 1.807) is 24.3 Å². The number of ether oxygens (including phenoxy) is 1. The number of aromatic nitrogens is 2. The zero-order valence-electron chi connectivity index (χ0n) is 17.3. The van der Waals surface area contributed by atoms with Crippen LogP contribution in [0.4, 0.5) is 4.39 Å². The predicted molar refractivity (Wildman–Crippen MR) is 116 cm³/mol. The summed E-state index contributed by atoms with van der Waals surface area (Å²) in [4.78, 5) is 36.2. The van der Waals surface area contributed by atoms with E-state index < -0.39 is 11.7 Å². The van der Waals surface area contributed by atoms with Crippen molar-refractivity contribution in [3.8, 4) is 5.75 Å². The number of halogens is 1. The Morgan fingerprint density at radius 1 is 0.969 bits per heavy atom. The highest BCUT2D eigenvalue weighted by molar-refractivity contribution is 5.92. The first-order valence-corrected chi connectivity index (χ1v) is 10.1. The molecule has 0 bridgehead atoms. The summed E-state index contributed by atoms with van der Waals surface area (Å²) in [5.74, 6) is -0.478. The molecule has 32 heavy (non-hydrogen) atoms. The van der Waals surface area contributed by atoms with E-state index in [9.17, 15) is 18.8 Å². The van der Waals surface area contributed by atoms with Gasteiger partial charge in [-0.3, -0.25) is 14.4 Å². The average Bonchev–Trinajstić information content (AvgIpc) is 2.78. The van der Waals surface area contributed by atoms with Crippen molar-refractivity contribution in [2.75, 3.05) is 19.7 Å². The van der Waals surface area contributed by atoms with Crippen LogP contribution in [0.25, 0.3) is 0 Å². The van der Waals surface area contributed by atoms with Crippen molar-refractivity contribution >= 4 is 11.8 Å². The van der Waals surface area contributed by atoms with Crippen molar-refractivity contribution in [1.82, 2.24) is 20.4 Å². The third-order valence-corrected chi connectivity index (χ3v) is 4.40. The Hall–Kier alpha value is -4.01. The number of para-hydroxylation sites is 1. The van der Waals surface area contributed by atoms with Gasteiger partial charge in [0.1, 0.15) is 23.9 Å². The zero-order valence-corrected chi connectivity index (χ0v) is 17.3. The lowest BCUT2D eigenvalue weighted by Crippen LogP contribution is -2.36. The van der Waals surface area contributed by atoms with Gasteiger partial charge in [-0.15, -0.1) is 0 Å². The molecule has 0 radical (unpaired) electrons. The molecule has 0 aliphatic carbocycles. The van der Waals surface area contributed by atoms with E-state index in [0.717, 1.165) is 0 Å². The molecule has 0 aliphatic heterocycles. The largest absolute Gasteiger partial charge is 0.492 e. The van der Waals surface area contributed by atoms with Gasteiger partial charge in [-0.25, -0.2) is 9.07 Å². The molecule has 0 spiro atoms. The van der Waals surface area contributed by atoms with Crippen LogP contribution in [0, 0.1) is 5.82 Å². The molecule has 3 aromatic rings. The summed E-state index contributed by atoms with van der Waals surface area (Å²) in [6.07, 6.45) is 0.0449. The van der Waals surface area contributed by atoms with Gasteiger partial charge in [-0.05, 0) is 35.9 Å². The molecule has 3 rings (SSSR count). The number of carbonyl (C=O) groups is 2. The molecule has 0 fully saturated rings. The van der Waals surface area contributed by atoms with Crippen molar-refractivity contribution in [3.63, 3.8) is 0 Å². The second-order valence-electron chi connectivity index (χ2n) is 6.85. The SMILES string of the molecule is O=C(Cc1cccc(F)c1)NCCNC(=O)c1ccc(=O)n(CCOc2ccccc2)n1. The fourth-order valence-corrected chi connectivity index (χ4v) is 2.86. The van der Waals surface area contributed by atoms with E-state index in [1.165, 1.54) is 28.9 Å². The Morgan fingerprint density at radius 2 is 1.75 bits per heavy atom. The number of hydrogen-bond acceptors (Lipinski definition) is 5. The smallest absolute Gasteiger partial charge is 0.271 e. The van der Waals surface area contributed by atoms with Crippen molar-refractivity contribution < 1.29 is 18.7 Å². The predicted octanol–water partition coefficient (Wildman–Crippen LogP) is 1.55. The summed E-state index contributed by atoms with van der Waals surface area (Å²) < 4.78 is 19.9. The second-order valence-corrected chi connectivity index (χ2v) is 6.85. The Morgan fingerprint density at radius 3 is 2.53 bits per heavy atom. The molecule has 2 N–H and O–H groups in total. The zero-order chi connectivity index (χ0) is 22.8. The summed E-state index contributed by atoms with van der Waals surface area (Å²) in [6, 6.07) is 17.6. The van der Waals surface area contributed by atoms with Gasteiger partial charge in [0.2, 0.25) is 5.91 Å². The standard InChI is InChI=1S/C23H23FN4O4/c24-18-6-4-5-17(15-18)16-21(29)25-11-12-26-23(31)20-9-10-22(30)28(27-20)13-14-32-19-7-2-1-3-8-19/h1-10,15H,11-14,16H2,(H,25,29)(H,26,31). The molecule has 0 saturated carbocycles. The third-order valence-electron chi connectivity index (χ3n) is 4.40. The number of amides is 2. The van der Waals surface area contributed by atoms with E-state index in [0.29, 0.717) is 11.3 Å². The van der Waals surface area contributed by atoms with Gasteiger partial charge in [-0.2, -0.15) is 5.10 Å². The minimum atomic E-state index is -0.470. The van der Waals surface area contributed by atoms with E-state index in [-0.39, 0.29) is 49.8 Å². The summed E-state index contributed by atoms with van der Waals surface area (Å²) in [5.41, 5.74) is 0.299. The minimum absolute atomic E-state index is 0.0449. The van der Waals surface area contributed by atoms with Gasteiger partial charge in [0.25, 0.3) is 11.5 Å². The van der Waals surface area contributed by atoms with Gasteiger partial charge in [0, 0.05) is 19.2 Å². The Kier molecular flexibility index (Phi) is 8.08. The molecular formula is C23H23FN4O4. The topological polar surface area (TPSA) is 102 Å². The number of rotatable bonds is 10. The van der Waals surface area contributed by atoms with Gasteiger partial charge in [0.15, 0.2) is 0 Å². The van der Waals surface area contributed by atoms with Crippen LogP contribution in [0.2, 0.25) is 0 Å². The fraction of sp³-hybridized carbons (Fsp3) is 0.217. The van der Waals surface area contributed by atoms with Crippen LogP contribution >= 0.6 is 0 Å². The molecule has 1 heterocycles. The van der Waals surface area contributed by atoms with Gasteiger partial charge in [-0.1, -0.05) is 30.3 Å². The van der Waals surface area contributed by atoms with Crippen LogP contribution in [0.1, 0.15) is 16.1 Å². The first-order chi connectivity index (χ1) is 15.5. The van der Waals surface area contributed by atoms with E-state index in [1.807, 2.05) is 18.2 Å². The van der Waals surface area contributed by atoms with E-state index in [2.05, 4.69) is 15.7 Å². The molecule has 0 atom stereocenters. The first kappa shape index (κ1) is 22.7. The second kappa shape index (κ2) is 11.4. The molecule has 8 nitrogen and oxygen atoms in total. The number of carbonyl (C=O) groups excluding carboxylic acids is 2. The van der Waals surface area contributed by atoms with Crippen LogP contribution in [-0.4, -0.2) is 41.3 Å². The minimum Gasteiger partial charge on any atom is -0.492 e. The molecule has 2 amide bonds. The number of hydrogen-bond donors (Lipinski definition) is 2. The van der Waals surface area contributed by atoms with Crippen LogP contribution in [0.15, 0.2) is 71.5 Å². The molecular weight excluding hydrogens is 415 g/mol. The lowest BCUT2D eigenvalue weighted by atomic mass is 10.1. The van der Waals surface area contributed by atoms with Crippen LogP contribution in [0.5, 0.6) is 5.75 Å². The number of benzene rings is 2. The quantitative estimate of drug-likeness (QED) is 0.468. The third kappa shape index (κ3) is 7.05. The summed E-state index contributed by atoms with van der Waals surface area (Å²) in [6.45, 7) is 0.778. The van der Waals surface area contributed by atoms with E-state index >= 15 is 0 Å². The highest BCUT2D eigenvalue weighted by atomic mass is 19.1. The number of nitrogens with one attached hydrogen (secondary N) is 2. The fourth-order valence-electron chi connectivity index (χ4n) is 2.86. The molecule has 1 aromatic heterocycles. The average molecular weight is 438 g/mol. The molecule has 2 aromatic carbocycles. The summed E-state index contributed by atoms with van der Waals surface area (Å²) in [7, 11) is 0. The van der Waals surface area contributed by atoms with Gasteiger partial charge in [0.05, 0.1) is 13.0 Å². The highest BCUT2D eigenvalue weighted by Gasteiger charge is 2.10. The molecule has 0 saturated heterocycles. The van der Waals surface area contributed by atoms with E-state index in [4.69, 9.17) is 4.74 Å². The molecule has 0 aliphatic rings. The maximum atomic E-state index is 13.2. The summed E-state index contributed by atoms with van der Waals surface area (Å²) >= 11 is 0. The van der Waals surface area contributed by atoms with Crippen LogP contribution in [0.3, 0.4) is 0 Å². The number of nitrogens with zero attached hydrogens (tertiary/aromatic N) is 2. The van der Waals surface area contributed by atoms with Crippen LogP contribution < -0.4 is 20.9 Å². The lowest BCUT2D eigenvalue weighted by Gasteiger charge is -2.10. The van der Waals surface area contributed by atoms with Gasteiger partial charge < -0.3 is 15.4 Å². The maximum Gasteiger partial charge on any atom is 0.271 e. The van der Waals surface area contributed by atoms with Gasteiger partial charge >= 0.3 is 0 Å². The highest BCUT2D eigenvalue weighted by Crippen LogP contribution is 2.07. The van der Waals surface area contributed by atoms with Crippen LogP contribution in [-0.2, 0) is 17.8 Å². The maximum absolute atomic E-state index is 13.2. The molecule has 166 valence electrons. The normalized spacial score (nSPS) is 10.4. The van der Waals surface area contributed by atoms with Crippen molar-refractivity contribution in [2.45, 2.75) is 13.0 Å². The first-order valence-electron chi connectivity index (χ1n) is 10.1. The van der Waals surface area contributed by atoms with Crippen molar-refractivity contribution in [2.24, 2.45) is 0 Å². The van der Waals surface area contributed by atoms with Crippen molar-refractivity contribution in [1.29, 1.82) is 0 Å². The molecule has 0 unspecified atom stereocenters. The summed E-state index contributed by atoms with van der Waals surface area (Å²) in [5, 5.41) is 9.36. The van der Waals surface area contributed by atoms with Crippen molar-refractivity contribution in [3.05, 3.63) is 94.2 Å². The monoisotopic (exact) mass is 438 g/mol. The Bertz CT molecular complexity index is 1120. The Labute approximate surface area is 184 Å². The Balaban J connectivity index is 1.43.